The molecule has 2 aromatic carbocycles. The van der Waals surface area contributed by atoms with Gasteiger partial charge in [0.15, 0.2) is 6.61 Å². The molecular weight excluding hydrogens is 386 g/mol. The van der Waals surface area contributed by atoms with E-state index in [0.717, 1.165) is 4.31 Å². The number of hydrogen-bond donors (Lipinski definition) is 2. The molecule has 0 heterocycles. The van der Waals surface area contributed by atoms with Crippen LogP contribution in [0.5, 0.6) is 0 Å². The largest absolute Gasteiger partial charge is 0.452 e. The maximum absolute atomic E-state index is 12.8. The van der Waals surface area contributed by atoms with Gasteiger partial charge in [-0.2, -0.15) is 0 Å². The SMILES string of the molecule is CC(=O)NNC(=O)COC(=O)c1cccc(S(=O)(=O)N(C)c2ccccc2)c1. The second kappa shape index (κ2) is 9.00. The van der Waals surface area contributed by atoms with Crippen LogP contribution >= 0.6 is 0 Å². The predicted molar refractivity (Wildman–Crippen MR) is 101 cm³/mol. The first-order valence-corrected chi connectivity index (χ1v) is 9.52. The summed E-state index contributed by atoms with van der Waals surface area (Å²) in [6.07, 6.45) is 0. The van der Waals surface area contributed by atoms with Gasteiger partial charge in [-0.3, -0.25) is 24.7 Å². The van der Waals surface area contributed by atoms with Gasteiger partial charge in [-0.05, 0) is 30.3 Å². The summed E-state index contributed by atoms with van der Waals surface area (Å²) in [5.41, 5.74) is 4.52. The number of hydrazine groups is 1. The number of rotatable bonds is 6. The molecule has 0 spiro atoms. The summed E-state index contributed by atoms with van der Waals surface area (Å²) < 4.78 is 31.5. The number of anilines is 1. The van der Waals surface area contributed by atoms with Crippen LogP contribution in [-0.2, 0) is 24.3 Å². The first-order chi connectivity index (χ1) is 13.2. The lowest BCUT2D eigenvalue weighted by Gasteiger charge is -2.19. The Labute approximate surface area is 162 Å². The van der Waals surface area contributed by atoms with Crippen LogP contribution in [-0.4, -0.2) is 39.9 Å². The minimum absolute atomic E-state index is 0.0325. The summed E-state index contributed by atoms with van der Waals surface area (Å²) in [7, 11) is -2.49. The summed E-state index contributed by atoms with van der Waals surface area (Å²) in [5, 5.41) is 0. The molecule has 0 aromatic heterocycles. The Kier molecular flexibility index (Phi) is 6.72. The van der Waals surface area contributed by atoms with Crippen molar-refractivity contribution in [3.63, 3.8) is 0 Å². The van der Waals surface area contributed by atoms with Gasteiger partial charge < -0.3 is 4.74 Å². The molecule has 2 rings (SSSR count). The smallest absolute Gasteiger partial charge is 0.338 e. The van der Waals surface area contributed by atoms with Crippen LogP contribution in [0.4, 0.5) is 5.69 Å². The zero-order valence-electron chi connectivity index (χ0n) is 15.2. The molecule has 0 aliphatic rings. The van der Waals surface area contributed by atoms with Crippen LogP contribution in [0, 0.1) is 0 Å². The van der Waals surface area contributed by atoms with Gasteiger partial charge in [-0.25, -0.2) is 13.2 Å². The first-order valence-electron chi connectivity index (χ1n) is 8.08. The fourth-order valence-electron chi connectivity index (χ4n) is 2.13. The molecule has 0 saturated carbocycles. The van der Waals surface area contributed by atoms with E-state index in [-0.39, 0.29) is 10.5 Å². The number of nitrogens with zero attached hydrogens (tertiary/aromatic N) is 1. The monoisotopic (exact) mass is 405 g/mol. The van der Waals surface area contributed by atoms with Crippen LogP contribution in [0.3, 0.4) is 0 Å². The van der Waals surface area contributed by atoms with Gasteiger partial charge in [0.2, 0.25) is 5.91 Å². The molecule has 10 heteroatoms. The zero-order valence-corrected chi connectivity index (χ0v) is 16.0. The molecular formula is C18H19N3O6S. The van der Waals surface area contributed by atoms with Crippen molar-refractivity contribution >= 4 is 33.5 Å². The fourth-order valence-corrected chi connectivity index (χ4v) is 3.37. The van der Waals surface area contributed by atoms with Gasteiger partial charge in [0.05, 0.1) is 16.1 Å². The zero-order chi connectivity index (χ0) is 20.7. The van der Waals surface area contributed by atoms with E-state index in [1.54, 1.807) is 30.3 Å². The molecule has 2 amide bonds. The lowest BCUT2D eigenvalue weighted by Crippen LogP contribution is -2.42. The van der Waals surface area contributed by atoms with Crippen LogP contribution in [0.2, 0.25) is 0 Å². The Morgan fingerprint density at radius 2 is 1.68 bits per heavy atom. The second-order valence-electron chi connectivity index (χ2n) is 5.64. The van der Waals surface area contributed by atoms with Crippen molar-refractivity contribution in [3.05, 3.63) is 60.2 Å². The van der Waals surface area contributed by atoms with Crippen molar-refractivity contribution < 1.29 is 27.5 Å². The average molecular weight is 405 g/mol. The van der Waals surface area contributed by atoms with Crippen LogP contribution in [0.15, 0.2) is 59.5 Å². The number of benzene rings is 2. The van der Waals surface area contributed by atoms with Crippen molar-refractivity contribution in [1.29, 1.82) is 0 Å². The number of amides is 2. The summed E-state index contributed by atoms with van der Waals surface area (Å²) in [5.74, 6) is -2.10. The summed E-state index contributed by atoms with van der Waals surface area (Å²) in [6, 6.07) is 13.8. The number of hydrogen-bond acceptors (Lipinski definition) is 6. The van der Waals surface area contributed by atoms with E-state index in [1.807, 2.05) is 5.43 Å². The number of sulfonamides is 1. The molecule has 9 nitrogen and oxygen atoms in total. The molecule has 2 aromatic rings. The molecule has 0 unspecified atom stereocenters. The second-order valence-corrected chi connectivity index (χ2v) is 7.61. The number of ether oxygens (including phenoxy) is 1. The van der Waals surface area contributed by atoms with Gasteiger partial charge in [0, 0.05) is 14.0 Å². The lowest BCUT2D eigenvalue weighted by molar-refractivity contribution is -0.129. The third-order valence-corrected chi connectivity index (χ3v) is 5.34. The molecule has 0 aliphatic carbocycles. The molecule has 0 fully saturated rings. The van der Waals surface area contributed by atoms with Crippen molar-refractivity contribution in [2.24, 2.45) is 0 Å². The normalized spacial score (nSPS) is 10.6. The first kappa shape index (κ1) is 20.9. The molecule has 0 radical (unpaired) electrons. The molecule has 0 bridgehead atoms. The Morgan fingerprint density at radius 1 is 1.00 bits per heavy atom. The third kappa shape index (κ3) is 5.30. The van der Waals surface area contributed by atoms with E-state index in [1.165, 1.54) is 38.2 Å². The Morgan fingerprint density at radius 3 is 2.32 bits per heavy atom. The maximum Gasteiger partial charge on any atom is 0.338 e. The summed E-state index contributed by atoms with van der Waals surface area (Å²) >= 11 is 0. The maximum atomic E-state index is 12.8. The summed E-state index contributed by atoms with van der Waals surface area (Å²) in [6.45, 7) is 0.560. The van der Waals surface area contributed by atoms with Gasteiger partial charge >= 0.3 is 5.97 Å². The Bertz CT molecular complexity index is 976. The number of nitrogens with one attached hydrogen (secondary N) is 2. The molecule has 0 aliphatic heterocycles. The minimum atomic E-state index is -3.90. The van der Waals surface area contributed by atoms with Crippen molar-refractivity contribution in [3.8, 4) is 0 Å². The Hall–Kier alpha value is -3.40. The van der Waals surface area contributed by atoms with Gasteiger partial charge in [-0.15, -0.1) is 0 Å². The quantitative estimate of drug-likeness (QED) is 0.542. The fraction of sp³-hybridized carbons (Fsp3) is 0.167. The van der Waals surface area contributed by atoms with E-state index < -0.39 is 34.4 Å². The van der Waals surface area contributed by atoms with E-state index >= 15 is 0 Å². The van der Waals surface area contributed by atoms with Crippen molar-refractivity contribution in [1.82, 2.24) is 10.9 Å². The highest BCUT2D eigenvalue weighted by Crippen LogP contribution is 2.22. The van der Waals surface area contributed by atoms with E-state index in [0.29, 0.717) is 5.69 Å². The minimum Gasteiger partial charge on any atom is -0.452 e. The predicted octanol–water partition coefficient (Wildman–Crippen LogP) is 0.836. The van der Waals surface area contributed by atoms with Crippen molar-refractivity contribution in [2.75, 3.05) is 18.0 Å². The number of carbonyl (C=O) groups is 3. The molecule has 0 saturated heterocycles. The Balaban J connectivity index is 2.11. The van der Waals surface area contributed by atoms with E-state index in [2.05, 4.69) is 5.43 Å². The van der Waals surface area contributed by atoms with Crippen LogP contribution < -0.4 is 15.2 Å². The molecule has 2 N–H and O–H groups in total. The van der Waals surface area contributed by atoms with Crippen LogP contribution in [0.1, 0.15) is 17.3 Å². The van der Waals surface area contributed by atoms with E-state index in [9.17, 15) is 22.8 Å². The van der Waals surface area contributed by atoms with Gasteiger partial charge in [-0.1, -0.05) is 24.3 Å². The van der Waals surface area contributed by atoms with Crippen molar-refractivity contribution in [2.45, 2.75) is 11.8 Å². The summed E-state index contributed by atoms with van der Waals surface area (Å²) in [4.78, 5) is 34.2. The van der Waals surface area contributed by atoms with Gasteiger partial charge in [0.1, 0.15) is 0 Å². The highest BCUT2D eigenvalue weighted by molar-refractivity contribution is 7.92. The third-order valence-electron chi connectivity index (χ3n) is 3.56. The van der Waals surface area contributed by atoms with Gasteiger partial charge in [0.25, 0.3) is 15.9 Å². The standard InChI is InChI=1S/C18H19N3O6S/c1-13(22)19-20-17(23)12-27-18(24)14-7-6-10-16(11-14)28(25,26)21(2)15-8-4-3-5-9-15/h3-11H,12H2,1-2H3,(H,19,22)(H,20,23). The number of esters is 1. The average Bonchev–Trinajstić information content (AvgIpc) is 2.70. The highest BCUT2D eigenvalue weighted by atomic mass is 32.2. The number of carbonyl (C=O) groups excluding carboxylic acids is 3. The molecule has 148 valence electrons. The van der Waals surface area contributed by atoms with Crippen LogP contribution in [0.25, 0.3) is 0 Å². The van der Waals surface area contributed by atoms with E-state index in [4.69, 9.17) is 4.74 Å². The lowest BCUT2D eigenvalue weighted by atomic mass is 10.2. The highest BCUT2D eigenvalue weighted by Gasteiger charge is 2.22. The molecule has 28 heavy (non-hydrogen) atoms. The number of para-hydroxylation sites is 1. The molecule has 0 atom stereocenters. The topological polar surface area (TPSA) is 122 Å².